The average Bonchev–Trinajstić information content (AvgIpc) is 2.44. The Kier molecular flexibility index (Phi) is 6.07. The number of hydrogen-bond acceptors (Lipinski definition) is 5. The van der Waals surface area contributed by atoms with Crippen LogP contribution in [-0.2, 0) is 19.0 Å². The van der Waals surface area contributed by atoms with E-state index in [4.69, 9.17) is 14.2 Å². The van der Waals surface area contributed by atoms with Crippen molar-refractivity contribution in [1.29, 1.82) is 0 Å². The van der Waals surface area contributed by atoms with E-state index in [-0.39, 0.29) is 12.6 Å². The molecule has 1 heterocycles. The molecule has 1 aliphatic heterocycles. The predicted octanol–water partition coefficient (Wildman–Crippen LogP) is 1.21. The van der Waals surface area contributed by atoms with Crippen LogP contribution < -0.4 is 0 Å². The summed E-state index contributed by atoms with van der Waals surface area (Å²) in [4.78, 5) is 13.6. The quantitative estimate of drug-likeness (QED) is 0.537. The second-order valence-electron chi connectivity index (χ2n) is 5.15. The van der Waals surface area contributed by atoms with Crippen LogP contribution in [0.5, 0.6) is 0 Å². The molecule has 1 saturated heterocycles. The third kappa shape index (κ3) is 4.44. The number of hydrogen-bond donors (Lipinski definition) is 0. The molecule has 0 aromatic heterocycles. The molecular weight excluding hydrogens is 246 g/mol. The smallest absolute Gasteiger partial charge is 0.332 e. The van der Waals surface area contributed by atoms with Crippen LogP contribution in [0.25, 0.3) is 0 Å². The number of carbonyl (C=O) groups excluding carboxylic acids is 1. The van der Waals surface area contributed by atoms with Crippen LogP contribution in [0.3, 0.4) is 0 Å². The molecule has 0 spiro atoms. The Bertz CT molecular complexity index is 283. The molecule has 0 aromatic carbocycles. The van der Waals surface area contributed by atoms with E-state index in [1.165, 1.54) is 25.7 Å². The second kappa shape index (κ2) is 7.82. The Morgan fingerprint density at radius 3 is 3.05 bits per heavy atom. The molecule has 5 heteroatoms. The van der Waals surface area contributed by atoms with Gasteiger partial charge in [0.25, 0.3) is 0 Å². The van der Waals surface area contributed by atoms with Gasteiger partial charge < -0.3 is 14.2 Å². The number of fused-ring (bicyclic) bond motifs is 1. The normalized spacial score (nSPS) is 27.8. The first-order valence-electron chi connectivity index (χ1n) is 7.40. The van der Waals surface area contributed by atoms with E-state index in [0.29, 0.717) is 25.4 Å². The van der Waals surface area contributed by atoms with Crippen molar-refractivity contribution < 1.29 is 19.0 Å². The van der Waals surface area contributed by atoms with Crippen molar-refractivity contribution >= 4 is 5.97 Å². The van der Waals surface area contributed by atoms with Gasteiger partial charge in [-0.2, -0.15) is 0 Å². The molecule has 1 aliphatic carbocycles. The van der Waals surface area contributed by atoms with Crippen LogP contribution in [0, 0.1) is 0 Å². The molecular formula is C14H25NO4. The van der Waals surface area contributed by atoms with Crippen molar-refractivity contribution in [2.75, 3.05) is 39.5 Å². The maximum atomic E-state index is 11.1. The van der Waals surface area contributed by atoms with E-state index in [2.05, 4.69) is 4.90 Å². The van der Waals surface area contributed by atoms with Crippen molar-refractivity contribution in [3.05, 3.63) is 0 Å². The molecule has 0 radical (unpaired) electrons. The first-order valence-corrected chi connectivity index (χ1v) is 7.40. The highest BCUT2D eigenvalue weighted by molar-refractivity contribution is 5.70. The lowest BCUT2D eigenvalue weighted by Crippen LogP contribution is -2.53. The standard InChI is InChI=1S/C14H25NO4/c1-2-18-14(16)11-17-9-7-15-8-10-19-13-6-4-3-5-12(13)15/h12-13H,2-11H2,1H3. The lowest BCUT2D eigenvalue weighted by Gasteiger charge is -2.43. The summed E-state index contributed by atoms with van der Waals surface area (Å²) in [5, 5.41) is 0. The molecule has 0 aromatic rings. The molecule has 2 rings (SSSR count). The molecule has 5 nitrogen and oxygen atoms in total. The summed E-state index contributed by atoms with van der Waals surface area (Å²) in [6.07, 6.45) is 5.40. The molecule has 0 N–H and O–H groups in total. The number of morpholine rings is 1. The molecule has 2 aliphatic rings. The molecule has 19 heavy (non-hydrogen) atoms. The van der Waals surface area contributed by atoms with Crippen LogP contribution in [0.1, 0.15) is 32.6 Å². The number of nitrogens with zero attached hydrogens (tertiary/aromatic N) is 1. The van der Waals surface area contributed by atoms with Crippen molar-refractivity contribution in [3.8, 4) is 0 Å². The fourth-order valence-corrected chi connectivity index (χ4v) is 2.99. The summed E-state index contributed by atoms with van der Waals surface area (Å²) in [6.45, 7) is 5.53. The Morgan fingerprint density at radius 2 is 2.21 bits per heavy atom. The van der Waals surface area contributed by atoms with E-state index < -0.39 is 0 Å². The van der Waals surface area contributed by atoms with Crippen LogP contribution in [0.2, 0.25) is 0 Å². The van der Waals surface area contributed by atoms with Gasteiger partial charge in [0.05, 0.1) is 25.9 Å². The van der Waals surface area contributed by atoms with Gasteiger partial charge in [-0.05, 0) is 19.8 Å². The van der Waals surface area contributed by atoms with Gasteiger partial charge >= 0.3 is 5.97 Å². The molecule has 2 atom stereocenters. The summed E-state index contributed by atoms with van der Waals surface area (Å²) in [7, 11) is 0. The second-order valence-corrected chi connectivity index (χ2v) is 5.15. The van der Waals surface area contributed by atoms with E-state index in [9.17, 15) is 4.79 Å². The minimum atomic E-state index is -0.278. The zero-order valence-corrected chi connectivity index (χ0v) is 11.8. The summed E-state index contributed by atoms with van der Waals surface area (Å²) in [5.41, 5.74) is 0. The monoisotopic (exact) mass is 271 g/mol. The minimum absolute atomic E-state index is 0.0618. The molecule has 1 saturated carbocycles. The van der Waals surface area contributed by atoms with E-state index in [1.807, 2.05) is 0 Å². The maximum absolute atomic E-state index is 11.1. The van der Waals surface area contributed by atoms with Gasteiger partial charge in [-0.25, -0.2) is 4.79 Å². The molecule has 2 unspecified atom stereocenters. The molecule has 0 bridgehead atoms. The first kappa shape index (κ1) is 14.8. The van der Waals surface area contributed by atoms with Crippen LogP contribution in [0.4, 0.5) is 0 Å². The Balaban J connectivity index is 1.65. The van der Waals surface area contributed by atoms with Crippen molar-refractivity contribution in [2.24, 2.45) is 0 Å². The van der Waals surface area contributed by atoms with Gasteiger partial charge in [0.15, 0.2) is 0 Å². The highest BCUT2D eigenvalue weighted by Crippen LogP contribution is 2.28. The third-order valence-corrected chi connectivity index (χ3v) is 3.90. The van der Waals surface area contributed by atoms with Crippen LogP contribution in [0.15, 0.2) is 0 Å². The predicted molar refractivity (Wildman–Crippen MR) is 71.0 cm³/mol. The van der Waals surface area contributed by atoms with Gasteiger partial charge in [0.1, 0.15) is 6.61 Å². The molecule has 110 valence electrons. The molecule has 0 amide bonds. The first-order chi connectivity index (χ1) is 9.31. The highest BCUT2D eigenvalue weighted by atomic mass is 16.6. The van der Waals surface area contributed by atoms with Crippen LogP contribution >= 0.6 is 0 Å². The number of esters is 1. The van der Waals surface area contributed by atoms with Crippen molar-refractivity contribution in [2.45, 2.75) is 44.8 Å². The van der Waals surface area contributed by atoms with E-state index in [0.717, 1.165) is 19.7 Å². The average molecular weight is 271 g/mol. The largest absolute Gasteiger partial charge is 0.464 e. The fraction of sp³-hybridized carbons (Fsp3) is 0.929. The number of rotatable bonds is 6. The molecule has 2 fully saturated rings. The SMILES string of the molecule is CCOC(=O)COCCN1CCOC2CCCCC21. The minimum Gasteiger partial charge on any atom is -0.464 e. The lowest BCUT2D eigenvalue weighted by atomic mass is 9.90. The Morgan fingerprint density at radius 1 is 1.37 bits per heavy atom. The number of ether oxygens (including phenoxy) is 3. The highest BCUT2D eigenvalue weighted by Gasteiger charge is 2.33. The summed E-state index contributed by atoms with van der Waals surface area (Å²) < 4.78 is 16.0. The Hall–Kier alpha value is -0.650. The van der Waals surface area contributed by atoms with E-state index >= 15 is 0 Å². The summed E-state index contributed by atoms with van der Waals surface area (Å²) >= 11 is 0. The van der Waals surface area contributed by atoms with Crippen molar-refractivity contribution in [3.63, 3.8) is 0 Å². The van der Waals surface area contributed by atoms with Gasteiger partial charge in [-0.15, -0.1) is 0 Å². The lowest BCUT2D eigenvalue weighted by molar-refractivity contribution is -0.149. The van der Waals surface area contributed by atoms with Crippen molar-refractivity contribution in [1.82, 2.24) is 4.90 Å². The third-order valence-electron chi connectivity index (χ3n) is 3.90. The fourth-order valence-electron chi connectivity index (χ4n) is 2.99. The summed E-state index contributed by atoms with van der Waals surface area (Å²) in [5.74, 6) is -0.278. The maximum Gasteiger partial charge on any atom is 0.332 e. The van der Waals surface area contributed by atoms with Crippen LogP contribution in [-0.4, -0.2) is 62.5 Å². The summed E-state index contributed by atoms with van der Waals surface area (Å²) in [6, 6.07) is 0.550. The Labute approximate surface area is 115 Å². The zero-order valence-electron chi connectivity index (χ0n) is 11.8. The van der Waals surface area contributed by atoms with Gasteiger partial charge in [0, 0.05) is 19.1 Å². The van der Waals surface area contributed by atoms with Gasteiger partial charge in [-0.1, -0.05) is 12.8 Å². The van der Waals surface area contributed by atoms with Gasteiger partial charge in [-0.3, -0.25) is 4.90 Å². The van der Waals surface area contributed by atoms with Gasteiger partial charge in [0.2, 0.25) is 0 Å². The zero-order chi connectivity index (χ0) is 13.5. The topological polar surface area (TPSA) is 48.0 Å². The van der Waals surface area contributed by atoms with E-state index in [1.54, 1.807) is 6.92 Å². The number of carbonyl (C=O) groups is 1.